The van der Waals surface area contributed by atoms with E-state index < -0.39 is 0 Å². The third-order valence-corrected chi connectivity index (χ3v) is 3.64. The van der Waals surface area contributed by atoms with Crippen molar-refractivity contribution in [1.29, 1.82) is 0 Å². The van der Waals surface area contributed by atoms with E-state index in [9.17, 15) is 0 Å². The zero-order valence-corrected chi connectivity index (χ0v) is 15.6. The zero-order valence-electron chi connectivity index (χ0n) is 15.6. The van der Waals surface area contributed by atoms with Crippen molar-refractivity contribution in [3.63, 3.8) is 0 Å². The van der Waals surface area contributed by atoms with Crippen molar-refractivity contribution in [1.82, 2.24) is 10.6 Å². The molecule has 0 aromatic heterocycles. The van der Waals surface area contributed by atoms with Crippen molar-refractivity contribution in [2.45, 2.75) is 26.0 Å². The first-order valence-corrected chi connectivity index (χ1v) is 7.69. The van der Waals surface area contributed by atoms with Crippen LogP contribution in [0.2, 0.25) is 0 Å². The highest BCUT2D eigenvalue weighted by Gasteiger charge is 2.17. The van der Waals surface area contributed by atoms with Crippen molar-refractivity contribution in [3.05, 3.63) is 17.7 Å². The zero-order chi connectivity index (χ0) is 18.2. The van der Waals surface area contributed by atoms with Crippen LogP contribution in [0.25, 0.3) is 0 Å². The summed E-state index contributed by atoms with van der Waals surface area (Å²) in [4.78, 5) is 4.21. The first-order chi connectivity index (χ1) is 11.4. The van der Waals surface area contributed by atoms with Gasteiger partial charge in [-0.3, -0.25) is 4.99 Å². The van der Waals surface area contributed by atoms with Crippen molar-refractivity contribution in [2.75, 3.05) is 42.0 Å². The van der Waals surface area contributed by atoms with Gasteiger partial charge in [0, 0.05) is 27.2 Å². The molecule has 0 atom stereocenters. The number of rotatable bonds is 8. The molecular formula is C17H29N3O4. The molecule has 24 heavy (non-hydrogen) atoms. The molecule has 1 aromatic carbocycles. The molecule has 0 bridgehead atoms. The molecule has 0 heterocycles. The van der Waals surface area contributed by atoms with E-state index >= 15 is 0 Å². The Bertz CT molecular complexity index is 534. The average Bonchev–Trinajstić information content (AvgIpc) is 2.60. The van der Waals surface area contributed by atoms with Crippen molar-refractivity contribution < 1.29 is 18.9 Å². The molecule has 0 unspecified atom stereocenters. The van der Waals surface area contributed by atoms with Crippen LogP contribution in [0.1, 0.15) is 19.4 Å². The highest BCUT2D eigenvalue weighted by atomic mass is 16.5. The van der Waals surface area contributed by atoms with Gasteiger partial charge in [-0.25, -0.2) is 0 Å². The van der Waals surface area contributed by atoms with Gasteiger partial charge in [0.05, 0.1) is 26.9 Å². The summed E-state index contributed by atoms with van der Waals surface area (Å²) in [5.74, 6) is 2.51. The van der Waals surface area contributed by atoms with Crippen LogP contribution in [0.4, 0.5) is 0 Å². The Morgan fingerprint density at radius 3 is 2.00 bits per heavy atom. The second-order valence-electron chi connectivity index (χ2n) is 5.78. The fourth-order valence-electron chi connectivity index (χ4n) is 2.01. The van der Waals surface area contributed by atoms with Crippen molar-refractivity contribution >= 4 is 5.96 Å². The molecule has 0 saturated carbocycles. The minimum atomic E-state index is -0.274. The Labute approximate surface area is 144 Å². The number of hydrogen-bond donors (Lipinski definition) is 2. The number of nitrogens with zero attached hydrogens (tertiary/aromatic N) is 1. The van der Waals surface area contributed by atoms with Crippen LogP contribution in [-0.4, -0.2) is 53.6 Å². The summed E-state index contributed by atoms with van der Waals surface area (Å²) < 4.78 is 21.4. The predicted octanol–water partition coefficient (Wildman–Crippen LogP) is 1.80. The van der Waals surface area contributed by atoms with Crippen LogP contribution in [0.15, 0.2) is 17.1 Å². The van der Waals surface area contributed by atoms with Gasteiger partial charge in [-0.05, 0) is 31.5 Å². The largest absolute Gasteiger partial charge is 0.493 e. The van der Waals surface area contributed by atoms with E-state index in [0.29, 0.717) is 36.3 Å². The van der Waals surface area contributed by atoms with Gasteiger partial charge in [0.15, 0.2) is 17.5 Å². The number of hydrogen-bond acceptors (Lipinski definition) is 5. The molecule has 0 aliphatic rings. The van der Waals surface area contributed by atoms with Crippen LogP contribution in [0, 0.1) is 0 Å². The van der Waals surface area contributed by atoms with E-state index in [-0.39, 0.29) is 5.60 Å². The van der Waals surface area contributed by atoms with Gasteiger partial charge in [-0.2, -0.15) is 0 Å². The van der Waals surface area contributed by atoms with Crippen molar-refractivity contribution in [2.24, 2.45) is 4.99 Å². The number of ether oxygens (including phenoxy) is 4. The van der Waals surface area contributed by atoms with Gasteiger partial charge in [0.2, 0.25) is 5.75 Å². The molecule has 0 amide bonds. The first kappa shape index (κ1) is 19.9. The lowest BCUT2D eigenvalue weighted by molar-refractivity contribution is 0.0268. The maximum Gasteiger partial charge on any atom is 0.203 e. The number of nitrogens with one attached hydrogen (secondary N) is 2. The number of aliphatic imine (C=N–C) groups is 1. The fourth-order valence-corrected chi connectivity index (χ4v) is 2.01. The second-order valence-corrected chi connectivity index (χ2v) is 5.78. The molecule has 0 aliphatic carbocycles. The SMILES string of the molecule is CN=C(NCc1cc(OC)c(OC)c(OC)c1)NCC(C)(C)OC. The molecule has 0 fully saturated rings. The molecule has 0 radical (unpaired) electrons. The van der Waals surface area contributed by atoms with Gasteiger partial charge in [0.25, 0.3) is 0 Å². The van der Waals surface area contributed by atoms with E-state index in [1.165, 1.54) is 0 Å². The molecule has 0 spiro atoms. The highest BCUT2D eigenvalue weighted by molar-refractivity contribution is 5.79. The molecule has 7 nitrogen and oxygen atoms in total. The highest BCUT2D eigenvalue weighted by Crippen LogP contribution is 2.38. The van der Waals surface area contributed by atoms with E-state index in [1.54, 1.807) is 35.5 Å². The summed E-state index contributed by atoms with van der Waals surface area (Å²) in [6, 6.07) is 3.81. The van der Waals surface area contributed by atoms with Crippen LogP contribution >= 0.6 is 0 Å². The fraction of sp³-hybridized carbons (Fsp3) is 0.588. The molecule has 7 heteroatoms. The smallest absolute Gasteiger partial charge is 0.203 e. The van der Waals surface area contributed by atoms with Crippen LogP contribution in [-0.2, 0) is 11.3 Å². The van der Waals surface area contributed by atoms with E-state index in [0.717, 1.165) is 5.56 Å². The van der Waals surface area contributed by atoms with Crippen LogP contribution in [0.3, 0.4) is 0 Å². The molecule has 1 aromatic rings. The van der Waals surface area contributed by atoms with Gasteiger partial charge in [-0.15, -0.1) is 0 Å². The quantitative estimate of drug-likeness (QED) is 0.556. The average molecular weight is 339 g/mol. The summed E-state index contributed by atoms with van der Waals surface area (Å²) in [6.45, 7) is 5.21. The van der Waals surface area contributed by atoms with Gasteiger partial charge < -0.3 is 29.6 Å². The van der Waals surface area contributed by atoms with Gasteiger partial charge >= 0.3 is 0 Å². The third-order valence-electron chi connectivity index (χ3n) is 3.64. The maximum absolute atomic E-state index is 5.39. The topological polar surface area (TPSA) is 73.3 Å². The Balaban J connectivity index is 2.78. The van der Waals surface area contributed by atoms with E-state index in [4.69, 9.17) is 18.9 Å². The summed E-state index contributed by atoms with van der Waals surface area (Å²) in [5, 5.41) is 6.49. The second kappa shape index (κ2) is 9.22. The Hall–Kier alpha value is -2.15. The molecule has 0 aliphatic heterocycles. The summed E-state index contributed by atoms with van der Waals surface area (Å²) in [7, 11) is 8.20. The summed E-state index contributed by atoms with van der Waals surface area (Å²) in [6.07, 6.45) is 0. The van der Waals surface area contributed by atoms with E-state index in [2.05, 4.69) is 15.6 Å². The summed E-state index contributed by atoms with van der Waals surface area (Å²) >= 11 is 0. The lowest BCUT2D eigenvalue weighted by Crippen LogP contribution is -2.45. The van der Waals surface area contributed by atoms with Gasteiger partial charge in [-0.1, -0.05) is 0 Å². The first-order valence-electron chi connectivity index (χ1n) is 7.69. The minimum absolute atomic E-state index is 0.274. The molecule has 1 rings (SSSR count). The molecule has 0 saturated heterocycles. The lowest BCUT2D eigenvalue weighted by Gasteiger charge is -2.24. The standard InChI is InChI=1S/C17H29N3O4/c1-17(2,24-7)11-20-16(18-3)19-10-12-8-13(21-4)15(23-6)14(9-12)22-5/h8-9H,10-11H2,1-7H3,(H2,18,19,20). The lowest BCUT2D eigenvalue weighted by atomic mass is 10.1. The molecule has 136 valence electrons. The monoisotopic (exact) mass is 339 g/mol. The number of methoxy groups -OCH3 is 4. The molecular weight excluding hydrogens is 310 g/mol. The minimum Gasteiger partial charge on any atom is -0.493 e. The third kappa shape index (κ3) is 5.49. The van der Waals surface area contributed by atoms with E-state index in [1.807, 2.05) is 26.0 Å². The van der Waals surface area contributed by atoms with Crippen LogP contribution < -0.4 is 24.8 Å². The Morgan fingerprint density at radius 1 is 1.00 bits per heavy atom. The van der Waals surface area contributed by atoms with Crippen molar-refractivity contribution in [3.8, 4) is 17.2 Å². The Kier molecular flexibility index (Phi) is 7.64. The maximum atomic E-state index is 5.39. The summed E-state index contributed by atoms with van der Waals surface area (Å²) in [5.41, 5.74) is 0.711. The van der Waals surface area contributed by atoms with Crippen LogP contribution in [0.5, 0.6) is 17.2 Å². The normalized spacial score (nSPS) is 11.9. The number of benzene rings is 1. The Morgan fingerprint density at radius 2 is 1.58 bits per heavy atom. The predicted molar refractivity (Wildman–Crippen MR) is 95.4 cm³/mol. The molecule has 2 N–H and O–H groups in total. The van der Waals surface area contributed by atoms with Gasteiger partial charge in [0.1, 0.15) is 0 Å². The number of guanidine groups is 1.